The Kier molecular flexibility index (Phi) is 6.94. The van der Waals surface area contributed by atoms with Crippen molar-refractivity contribution in [3.63, 3.8) is 0 Å². The molecule has 1 aromatic heterocycles. The summed E-state index contributed by atoms with van der Waals surface area (Å²) in [5.74, 6) is 0.849. The zero-order valence-electron chi connectivity index (χ0n) is 16.0. The van der Waals surface area contributed by atoms with Gasteiger partial charge in [0.25, 0.3) is 0 Å². The summed E-state index contributed by atoms with van der Waals surface area (Å²) in [6.45, 7) is 9.55. The fourth-order valence-corrected chi connectivity index (χ4v) is 4.02. The van der Waals surface area contributed by atoms with Crippen LogP contribution in [0.5, 0.6) is 0 Å². The van der Waals surface area contributed by atoms with E-state index < -0.39 is 4.75 Å². The van der Waals surface area contributed by atoms with Gasteiger partial charge in [0, 0.05) is 25.4 Å². The zero-order valence-corrected chi connectivity index (χ0v) is 17.7. The molecule has 1 amide bonds. The van der Waals surface area contributed by atoms with Gasteiger partial charge >= 0.3 is 0 Å². The van der Waals surface area contributed by atoms with E-state index in [9.17, 15) is 4.79 Å². The summed E-state index contributed by atoms with van der Waals surface area (Å²) in [5.41, 5.74) is 2.06. The van der Waals surface area contributed by atoms with Crippen LogP contribution in [0.3, 0.4) is 0 Å². The van der Waals surface area contributed by atoms with Crippen LogP contribution in [0, 0.1) is 0 Å². The molecule has 5 nitrogen and oxygen atoms in total. The summed E-state index contributed by atoms with van der Waals surface area (Å²) in [7, 11) is 3.77. The molecule has 2 rings (SSSR count). The first-order valence-electron chi connectivity index (χ1n) is 8.43. The molecule has 0 saturated heterocycles. The summed E-state index contributed by atoms with van der Waals surface area (Å²) < 4.78 is 1.28. The maximum atomic E-state index is 13.0. The number of allylic oxidation sites excluding steroid dienone is 5. The van der Waals surface area contributed by atoms with Crippen molar-refractivity contribution < 1.29 is 4.79 Å². The monoisotopic (exact) mass is 390 g/mol. The third-order valence-corrected chi connectivity index (χ3v) is 6.02. The Morgan fingerprint density at radius 3 is 2.77 bits per heavy atom. The van der Waals surface area contributed by atoms with Crippen LogP contribution in [0.1, 0.15) is 39.4 Å². The van der Waals surface area contributed by atoms with E-state index in [2.05, 4.69) is 22.9 Å². The summed E-state index contributed by atoms with van der Waals surface area (Å²) in [6.07, 6.45) is 7.99. The quantitative estimate of drug-likeness (QED) is 0.636. The molecule has 0 unspecified atom stereocenters. The maximum Gasteiger partial charge on any atom is 0.242 e. The Labute approximate surface area is 164 Å². The number of hydrogen-bond donors (Lipinski definition) is 0. The fourth-order valence-electron chi connectivity index (χ4n) is 2.63. The van der Waals surface area contributed by atoms with E-state index in [1.165, 1.54) is 23.5 Å². The topological polar surface area (TPSA) is 51.0 Å². The largest absolute Gasteiger partial charge is 0.318 e. The minimum Gasteiger partial charge on any atom is -0.318 e. The molecule has 1 aromatic rings. The molecule has 26 heavy (non-hydrogen) atoms. The maximum absolute atomic E-state index is 13.0. The van der Waals surface area contributed by atoms with Crippen molar-refractivity contribution in [3.8, 4) is 0 Å². The molecule has 0 radical (unpaired) electrons. The minimum absolute atomic E-state index is 0.0584. The van der Waals surface area contributed by atoms with Gasteiger partial charge in [-0.25, -0.2) is 0 Å². The zero-order chi connectivity index (χ0) is 19.3. The van der Waals surface area contributed by atoms with Crippen LogP contribution >= 0.6 is 23.5 Å². The van der Waals surface area contributed by atoms with Crippen molar-refractivity contribution in [1.29, 1.82) is 0 Å². The van der Waals surface area contributed by atoms with Gasteiger partial charge in [0.1, 0.15) is 0 Å². The molecule has 0 spiro atoms. The third-order valence-electron chi connectivity index (χ3n) is 4.12. The lowest BCUT2D eigenvalue weighted by molar-refractivity contribution is -0.130. The molecule has 1 aliphatic rings. The summed E-state index contributed by atoms with van der Waals surface area (Å²) >= 11 is 2.94. The second-order valence-electron chi connectivity index (χ2n) is 6.57. The SMILES string of the molecule is C=CS/C=C(\C)c1nnc(SC(C)(C)C(=O)N(C)C2=CC=CCC2)n1C. The molecule has 0 fully saturated rings. The van der Waals surface area contributed by atoms with Gasteiger partial charge in [-0.3, -0.25) is 4.79 Å². The van der Waals surface area contributed by atoms with Crippen LogP contribution in [0.15, 0.2) is 46.5 Å². The van der Waals surface area contributed by atoms with E-state index in [0.29, 0.717) is 0 Å². The van der Waals surface area contributed by atoms with Crippen LogP contribution < -0.4 is 0 Å². The Balaban J connectivity index is 2.17. The van der Waals surface area contributed by atoms with Crippen LogP contribution in [0.25, 0.3) is 5.57 Å². The standard InChI is InChI=1S/C19H26N4OS2/c1-7-25-13-14(2)16-20-21-18(23(16)6)26-19(3,4)17(24)22(5)15-11-9-8-10-12-15/h7-9,11,13H,1,10,12H2,2-6H3/b14-13+. The summed E-state index contributed by atoms with van der Waals surface area (Å²) in [6, 6.07) is 0. The Hall–Kier alpha value is -1.73. The van der Waals surface area contributed by atoms with Crippen molar-refractivity contribution in [2.45, 2.75) is 43.5 Å². The average Bonchev–Trinajstić information content (AvgIpc) is 2.99. The number of aromatic nitrogens is 3. The molecular formula is C19H26N4OS2. The molecule has 1 heterocycles. The molecule has 0 aromatic carbocycles. The molecule has 7 heteroatoms. The lowest BCUT2D eigenvalue weighted by Crippen LogP contribution is -2.40. The first-order valence-corrected chi connectivity index (χ1v) is 10.2. The Bertz CT molecular complexity index is 775. The second-order valence-corrected chi connectivity index (χ2v) is 9.00. The van der Waals surface area contributed by atoms with Crippen LogP contribution in [-0.2, 0) is 11.8 Å². The van der Waals surface area contributed by atoms with Crippen LogP contribution in [0.2, 0.25) is 0 Å². The van der Waals surface area contributed by atoms with Gasteiger partial charge in [-0.15, -0.1) is 22.0 Å². The van der Waals surface area contributed by atoms with Gasteiger partial charge in [0.15, 0.2) is 11.0 Å². The van der Waals surface area contributed by atoms with Crippen molar-refractivity contribution >= 4 is 35.0 Å². The number of carbonyl (C=O) groups excluding carboxylic acids is 1. The van der Waals surface area contributed by atoms with Crippen molar-refractivity contribution in [1.82, 2.24) is 19.7 Å². The molecule has 0 aliphatic heterocycles. The Morgan fingerprint density at radius 1 is 1.42 bits per heavy atom. The second kappa shape index (κ2) is 8.77. The molecule has 140 valence electrons. The van der Waals surface area contributed by atoms with Gasteiger partial charge in [0.2, 0.25) is 5.91 Å². The number of rotatable bonds is 7. The molecule has 1 aliphatic carbocycles. The summed E-state index contributed by atoms with van der Waals surface area (Å²) in [5, 5.41) is 13.0. The van der Waals surface area contributed by atoms with Crippen LogP contribution in [0.4, 0.5) is 0 Å². The first kappa shape index (κ1) is 20.6. The fraction of sp³-hybridized carbons (Fsp3) is 0.421. The highest BCUT2D eigenvalue weighted by atomic mass is 32.2. The smallest absolute Gasteiger partial charge is 0.242 e. The third kappa shape index (κ3) is 4.71. The molecule has 0 saturated carbocycles. The minimum atomic E-state index is -0.650. The van der Waals surface area contributed by atoms with E-state index in [1.807, 2.05) is 57.0 Å². The van der Waals surface area contributed by atoms with E-state index in [1.54, 1.807) is 10.3 Å². The van der Waals surface area contributed by atoms with Crippen LogP contribution in [-0.4, -0.2) is 37.4 Å². The van der Waals surface area contributed by atoms with E-state index >= 15 is 0 Å². The van der Waals surface area contributed by atoms with E-state index in [0.717, 1.165) is 35.1 Å². The number of nitrogens with zero attached hydrogens (tertiary/aromatic N) is 4. The molecule has 0 bridgehead atoms. The van der Waals surface area contributed by atoms with Gasteiger partial charge in [0.05, 0.1) is 4.75 Å². The Morgan fingerprint density at radius 2 is 2.15 bits per heavy atom. The van der Waals surface area contributed by atoms with Crippen molar-refractivity contribution in [2.75, 3.05) is 7.05 Å². The van der Waals surface area contributed by atoms with Gasteiger partial charge in [-0.05, 0) is 50.5 Å². The average molecular weight is 391 g/mol. The van der Waals surface area contributed by atoms with Gasteiger partial charge in [-0.1, -0.05) is 30.5 Å². The predicted molar refractivity (Wildman–Crippen MR) is 112 cm³/mol. The number of carbonyl (C=O) groups is 1. The first-order chi connectivity index (χ1) is 12.3. The number of amides is 1. The lowest BCUT2D eigenvalue weighted by atomic mass is 10.1. The number of hydrogen-bond acceptors (Lipinski definition) is 5. The highest BCUT2D eigenvalue weighted by Gasteiger charge is 2.35. The van der Waals surface area contributed by atoms with E-state index in [-0.39, 0.29) is 5.91 Å². The van der Waals surface area contributed by atoms with Gasteiger partial charge in [-0.2, -0.15) is 0 Å². The molecule has 0 N–H and O–H groups in total. The normalized spacial score (nSPS) is 15.0. The number of thioether (sulfide) groups is 2. The predicted octanol–water partition coefficient (Wildman–Crippen LogP) is 4.62. The van der Waals surface area contributed by atoms with Crippen molar-refractivity contribution in [3.05, 3.63) is 47.1 Å². The van der Waals surface area contributed by atoms with Gasteiger partial charge < -0.3 is 9.47 Å². The lowest BCUT2D eigenvalue weighted by Gasteiger charge is -2.30. The molecular weight excluding hydrogens is 364 g/mol. The van der Waals surface area contributed by atoms with Crippen molar-refractivity contribution in [2.24, 2.45) is 7.05 Å². The highest BCUT2D eigenvalue weighted by Crippen LogP contribution is 2.35. The van der Waals surface area contributed by atoms with E-state index in [4.69, 9.17) is 0 Å². The highest BCUT2D eigenvalue weighted by molar-refractivity contribution is 8.05. The summed E-state index contributed by atoms with van der Waals surface area (Å²) in [4.78, 5) is 14.8. The molecule has 0 atom stereocenters.